The van der Waals surface area contributed by atoms with Crippen LogP contribution in [0, 0.1) is 6.92 Å². The summed E-state index contributed by atoms with van der Waals surface area (Å²) in [5.74, 6) is 0. The summed E-state index contributed by atoms with van der Waals surface area (Å²) in [6.45, 7) is 7.34. The summed E-state index contributed by atoms with van der Waals surface area (Å²) in [6.07, 6.45) is 1.18. The third-order valence-corrected chi connectivity index (χ3v) is 2.03. The van der Waals surface area contributed by atoms with Gasteiger partial charge in [0.15, 0.2) is 0 Å². The molecule has 0 aromatic heterocycles. The zero-order valence-corrected chi connectivity index (χ0v) is 10.2. The van der Waals surface area contributed by atoms with E-state index in [1.54, 1.807) is 0 Å². The van der Waals surface area contributed by atoms with Gasteiger partial charge in [-0.3, -0.25) is 0 Å². The lowest BCUT2D eigenvalue weighted by molar-refractivity contribution is -0.858. The number of nitrogens with one attached hydrogen (secondary N) is 1. The van der Waals surface area contributed by atoms with Crippen LogP contribution in [0.3, 0.4) is 0 Å². The van der Waals surface area contributed by atoms with Gasteiger partial charge in [0.2, 0.25) is 0 Å². The zero-order valence-electron chi connectivity index (χ0n) is 10.2. The number of benzene rings is 1. The second-order valence-corrected chi connectivity index (χ2v) is 3.69. The van der Waals surface area contributed by atoms with Gasteiger partial charge in [0.1, 0.15) is 0 Å². The first kappa shape index (κ1) is 13.2. The van der Waals surface area contributed by atoms with Crippen molar-refractivity contribution in [3.63, 3.8) is 0 Å². The Morgan fingerprint density at radius 3 is 1.93 bits per heavy atom. The van der Waals surface area contributed by atoms with E-state index in [0.29, 0.717) is 0 Å². The summed E-state index contributed by atoms with van der Waals surface area (Å²) in [5.41, 5.74) is 2.79. The van der Waals surface area contributed by atoms with E-state index in [4.69, 9.17) is 0 Å². The van der Waals surface area contributed by atoms with E-state index in [9.17, 15) is 0 Å². The first-order valence-electron chi connectivity index (χ1n) is 5.53. The lowest BCUT2D eigenvalue weighted by Crippen LogP contribution is -3.05. The molecule has 0 bridgehead atoms. The Labute approximate surface area is 88.8 Å². The molecule has 1 nitrogen and oxygen atoms in total. The molecule has 1 heteroatoms. The molecule has 0 saturated heterocycles. The number of rotatable bonds is 3. The molecule has 0 atom stereocenters. The molecule has 0 heterocycles. The number of aryl methyl sites for hydroxylation is 1. The van der Waals surface area contributed by atoms with Crippen molar-refractivity contribution < 1.29 is 4.90 Å². The average Bonchev–Trinajstić information content (AvgIpc) is 2.20. The van der Waals surface area contributed by atoms with Gasteiger partial charge in [-0.25, -0.2) is 0 Å². The molecule has 0 amide bonds. The lowest BCUT2D eigenvalue weighted by Gasteiger charge is -2.06. The Balaban J connectivity index is 0.000000791. The Hall–Kier alpha value is -0.820. The summed E-state index contributed by atoms with van der Waals surface area (Å²) >= 11 is 0. The van der Waals surface area contributed by atoms with E-state index >= 15 is 0 Å². The predicted molar refractivity (Wildman–Crippen MR) is 63.9 cm³/mol. The van der Waals surface area contributed by atoms with Gasteiger partial charge in [-0.2, -0.15) is 0 Å². The van der Waals surface area contributed by atoms with Crippen LogP contribution in [0.4, 0.5) is 0 Å². The van der Waals surface area contributed by atoms with Crippen LogP contribution in [0.25, 0.3) is 0 Å². The van der Waals surface area contributed by atoms with Crippen LogP contribution in [0.2, 0.25) is 0 Å². The SMILES string of the molecule is CC.Cc1ccc(CC[NH+](C)C)cc1. The van der Waals surface area contributed by atoms with Gasteiger partial charge in [-0.05, 0) is 12.5 Å². The van der Waals surface area contributed by atoms with E-state index in [2.05, 4.69) is 45.3 Å². The van der Waals surface area contributed by atoms with Crippen LogP contribution < -0.4 is 4.90 Å². The molecular weight excluding hydrogens is 170 g/mol. The van der Waals surface area contributed by atoms with E-state index in [1.165, 1.54) is 29.0 Å². The monoisotopic (exact) mass is 194 g/mol. The van der Waals surface area contributed by atoms with E-state index in [1.807, 2.05) is 13.8 Å². The molecule has 1 aromatic rings. The molecule has 1 N–H and O–H groups in total. The molecule has 14 heavy (non-hydrogen) atoms. The molecule has 0 radical (unpaired) electrons. The number of quaternary nitrogens is 1. The Morgan fingerprint density at radius 2 is 1.50 bits per heavy atom. The molecule has 0 aliphatic heterocycles. The largest absolute Gasteiger partial charge is 0.340 e. The summed E-state index contributed by atoms with van der Waals surface area (Å²) in [7, 11) is 4.38. The van der Waals surface area contributed by atoms with Crippen LogP contribution >= 0.6 is 0 Å². The molecule has 80 valence electrons. The second kappa shape index (κ2) is 7.57. The van der Waals surface area contributed by atoms with Gasteiger partial charge in [-0.15, -0.1) is 0 Å². The van der Waals surface area contributed by atoms with Crippen molar-refractivity contribution in [2.24, 2.45) is 0 Å². The normalized spacial score (nSPS) is 9.57. The highest BCUT2D eigenvalue weighted by molar-refractivity contribution is 5.21. The van der Waals surface area contributed by atoms with Crippen LogP contribution in [0.1, 0.15) is 25.0 Å². The van der Waals surface area contributed by atoms with Crippen LogP contribution in [0.5, 0.6) is 0 Å². The molecular formula is C13H24N+. The van der Waals surface area contributed by atoms with Crippen LogP contribution in [-0.4, -0.2) is 20.6 Å². The van der Waals surface area contributed by atoms with Gasteiger partial charge in [-0.1, -0.05) is 43.7 Å². The van der Waals surface area contributed by atoms with Gasteiger partial charge in [0, 0.05) is 6.42 Å². The van der Waals surface area contributed by atoms with Gasteiger partial charge < -0.3 is 4.90 Å². The van der Waals surface area contributed by atoms with E-state index in [-0.39, 0.29) is 0 Å². The van der Waals surface area contributed by atoms with Crippen molar-refractivity contribution in [2.45, 2.75) is 27.2 Å². The van der Waals surface area contributed by atoms with Crippen molar-refractivity contribution in [1.29, 1.82) is 0 Å². The van der Waals surface area contributed by atoms with E-state index < -0.39 is 0 Å². The number of hydrogen-bond acceptors (Lipinski definition) is 0. The topological polar surface area (TPSA) is 4.44 Å². The summed E-state index contributed by atoms with van der Waals surface area (Å²) in [4.78, 5) is 1.51. The Bertz CT molecular complexity index is 223. The van der Waals surface area contributed by atoms with Crippen LogP contribution in [-0.2, 0) is 6.42 Å². The maximum Gasteiger partial charge on any atom is 0.0807 e. The fraction of sp³-hybridized carbons (Fsp3) is 0.538. The molecule has 0 aliphatic carbocycles. The quantitative estimate of drug-likeness (QED) is 0.747. The lowest BCUT2D eigenvalue weighted by atomic mass is 10.1. The molecule has 0 fully saturated rings. The van der Waals surface area contributed by atoms with Crippen molar-refractivity contribution in [3.05, 3.63) is 35.4 Å². The minimum Gasteiger partial charge on any atom is -0.340 e. The van der Waals surface area contributed by atoms with Crippen molar-refractivity contribution >= 4 is 0 Å². The fourth-order valence-corrected chi connectivity index (χ4v) is 1.15. The van der Waals surface area contributed by atoms with Crippen molar-refractivity contribution in [1.82, 2.24) is 0 Å². The van der Waals surface area contributed by atoms with Crippen LogP contribution in [0.15, 0.2) is 24.3 Å². The maximum atomic E-state index is 2.22. The molecule has 0 saturated carbocycles. The highest BCUT2D eigenvalue weighted by Crippen LogP contribution is 2.02. The molecule has 1 aromatic carbocycles. The molecule has 1 rings (SSSR count). The predicted octanol–water partition coefficient (Wildman–Crippen LogP) is 1.71. The van der Waals surface area contributed by atoms with Crippen molar-refractivity contribution in [2.75, 3.05) is 20.6 Å². The summed E-state index contributed by atoms with van der Waals surface area (Å²) < 4.78 is 0. The first-order valence-corrected chi connectivity index (χ1v) is 5.53. The minimum atomic E-state index is 1.18. The van der Waals surface area contributed by atoms with Crippen molar-refractivity contribution in [3.8, 4) is 0 Å². The highest BCUT2D eigenvalue weighted by atomic mass is 15.0. The number of likely N-dealkylation sites (N-methyl/N-ethyl adjacent to an activating group) is 1. The highest BCUT2D eigenvalue weighted by Gasteiger charge is 1.95. The number of hydrogen-bond donors (Lipinski definition) is 1. The van der Waals surface area contributed by atoms with Gasteiger partial charge >= 0.3 is 0 Å². The fourth-order valence-electron chi connectivity index (χ4n) is 1.15. The standard InChI is InChI=1S/C11H17N.C2H6/c1-10-4-6-11(7-5-10)8-9-12(2)3;1-2/h4-7H,8-9H2,1-3H3;1-2H3/p+1. The minimum absolute atomic E-state index is 1.18. The summed E-state index contributed by atoms with van der Waals surface area (Å²) in [5, 5.41) is 0. The third kappa shape index (κ3) is 5.76. The first-order chi connectivity index (χ1) is 6.68. The van der Waals surface area contributed by atoms with Gasteiger partial charge in [0.05, 0.1) is 20.6 Å². The zero-order chi connectivity index (χ0) is 11.0. The summed E-state index contributed by atoms with van der Waals surface area (Å²) in [6, 6.07) is 8.80. The Morgan fingerprint density at radius 1 is 1.00 bits per heavy atom. The second-order valence-electron chi connectivity index (χ2n) is 3.69. The molecule has 0 aliphatic rings. The third-order valence-electron chi connectivity index (χ3n) is 2.03. The smallest absolute Gasteiger partial charge is 0.0807 e. The Kier molecular flexibility index (Phi) is 7.13. The average molecular weight is 194 g/mol. The van der Waals surface area contributed by atoms with Gasteiger partial charge in [0.25, 0.3) is 0 Å². The molecule has 0 spiro atoms. The van der Waals surface area contributed by atoms with E-state index in [0.717, 1.165) is 0 Å². The molecule has 0 unspecified atom stereocenters. The maximum absolute atomic E-state index is 2.22.